The third kappa shape index (κ3) is 3.26. The SMILES string of the molecule is C[C@H](c1nnc(SCC(=O)O)n1-c1ccccc1)n1cccn1. The lowest BCUT2D eigenvalue weighted by Crippen LogP contribution is -2.14. The third-order valence-corrected chi connectivity index (χ3v) is 4.21. The minimum atomic E-state index is -0.890. The van der Waals surface area contributed by atoms with Gasteiger partial charge in [-0.15, -0.1) is 10.2 Å². The van der Waals surface area contributed by atoms with Crippen LogP contribution in [0.2, 0.25) is 0 Å². The number of hydrogen-bond acceptors (Lipinski definition) is 5. The Morgan fingerprint density at radius 2 is 2.04 bits per heavy atom. The number of carboxylic acid groups (broad SMARTS) is 1. The van der Waals surface area contributed by atoms with E-state index in [4.69, 9.17) is 5.11 Å². The number of aromatic nitrogens is 5. The first-order valence-electron chi connectivity index (χ1n) is 7.01. The maximum atomic E-state index is 10.9. The van der Waals surface area contributed by atoms with Gasteiger partial charge in [-0.05, 0) is 25.1 Å². The quantitative estimate of drug-likeness (QED) is 0.698. The fraction of sp³-hybridized carbons (Fsp3) is 0.200. The zero-order valence-electron chi connectivity index (χ0n) is 12.4. The predicted octanol–water partition coefficient (Wildman–Crippen LogP) is 2.25. The number of benzene rings is 1. The van der Waals surface area contributed by atoms with Gasteiger partial charge in [0, 0.05) is 18.1 Å². The largest absolute Gasteiger partial charge is 0.481 e. The normalized spacial score (nSPS) is 12.2. The van der Waals surface area contributed by atoms with Crippen LogP contribution < -0.4 is 0 Å². The van der Waals surface area contributed by atoms with Crippen LogP contribution in [0.4, 0.5) is 0 Å². The summed E-state index contributed by atoms with van der Waals surface area (Å²) in [6.45, 7) is 1.97. The second-order valence-corrected chi connectivity index (χ2v) is 5.80. The molecule has 23 heavy (non-hydrogen) atoms. The molecule has 0 radical (unpaired) electrons. The van der Waals surface area contributed by atoms with E-state index in [-0.39, 0.29) is 11.8 Å². The Morgan fingerprint density at radius 3 is 2.70 bits per heavy atom. The number of rotatable bonds is 6. The summed E-state index contributed by atoms with van der Waals surface area (Å²) in [5, 5.41) is 22.1. The number of thioether (sulfide) groups is 1. The van der Waals surface area contributed by atoms with Crippen LogP contribution in [0.15, 0.2) is 53.9 Å². The molecule has 0 unspecified atom stereocenters. The van der Waals surface area contributed by atoms with Crippen LogP contribution in [0.5, 0.6) is 0 Å². The van der Waals surface area contributed by atoms with Crippen molar-refractivity contribution in [3.05, 3.63) is 54.6 Å². The van der Waals surface area contributed by atoms with E-state index in [9.17, 15) is 4.79 Å². The summed E-state index contributed by atoms with van der Waals surface area (Å²) >= 11 is 1.15. The molecule has 0 saturated carbocycles. The van der Waals surface area contributed by atoms with Crippen molar-refractivity contribution in [1.82, 2.24) is 24.5 Å². The zero-order valence-corrected chi connectivity index (χ0v) is 13.2. The molecule has 3 aromatic rings. The molecule has 0 bridgehead atoms. The van der Waals surface area contributed by atoms with Crippen molar-refractivity contribution in [2.75, 3.05) is 5.75 Å². The number of nitrogens with zero attached hydrogens (tertiary/aromatic N) is 5. The number of carbonyl (C=O) groups is 1. The van der Waals surface area contributed by atoms with Crippen LogP contribution in [0, 0.1) is 0 Å². The Labute approximate surface area is 137 Å². The number of hydrogen-bond donors (Lipinski definition) is 1. The van der Waals surface area contributed by atoms with E-state index < -0.39 is 5.97 Å². The van der Waals surface area contributed by atoms with Gasteiger partial charge in [0.05, 0.1) is 5.75 Å². The van der Waals surface area contributed by atoms with Crippen molar-refractivity contribution in [3.63, 3.8) is 0 Å². The van der Waals surface area contributed by atoms with Gasteiger partial charge >= 0.3 is 5.97 Å². The predicted molar refractivity (Wildman–Crippen MR) is 85.8 cm³/mol. The van der Waals surface area contributed by atoms with Gasteiger partial charge < -0.3 is 5.11 Å². The van der Waals surface area contributed by atoms with E-state index in [0.717, 1.165) is 17.4 Å². The molecule has 0 aliphatic rings. The molecule has 1 aromatic carbocycles. The van der Waals surface area contributed by atoms with Gasteiger partial charge in [-0.3, -0.25) is 14.0 Å². The van der Waals surface area contributed by atoms with Crippen molar-refractivity contribution in [2.24, 2.45) is 0 Å². The first kappa shape index (κ1) is 15.3. The van der Waals surface area contributed by atoms with E-state index in [0.29, 0.717) is 11.0 Å². The molecule has 8 heteroatoms. The first-order valence-corrected chi connectivity index (χ1v) is 8.00. The summed E-state index contributed by atoms with van der Waals surface area (Å²) in [6.07, 6.45) is 3.57. The van der Waals surface area contributed by atoms with Crippen LogP contribution in [-0.4, -0.2) is 41.4 Å². The molecule has 0 aliphatic heterocycles. The fourth-order valence-corrected chi connectivity index (χ4v) is 2.90. The average Bonchev–Trinajstić information content (AvgIpc) is 3.22. The first-order chi connectivity index (χ1) is 11.2. The van der Waals surface area contributed by atoms with E-state index >= 15 is 0 Å². The second kappa shape index (κ2) is 6.66. The molecule has 0 spiro atoms. The molecule has 1 N–H and O–H groups in total. The molecular weight excluding hydrogens is 314 g/mol. The molecule has 1 atom stereocenters. The standard InChI is InChI=1S/C15H15N5O2S/c1-11(19-9-5-8-16-19)14-17-18-15(23-10-13(21)22)20(14)12-6-3-2-4-7-12/h2-9,11H,10H2,1H3,(H,21,22)/t11-/m1/s1. The third-order valence-electron chi connectivity index (χ3n) is 3.29. The lowest BCUT2D eigenvalue weighted by atomic mass is 10.3. The van der Waals surface area contributed by atoms with Crippen molar-refractivity contribution in [1.29, 1.82) is 0 Å². The van der Waals surface area contributed by atoms with Crippen LogP contribution in [0.25, 0.3) is 5.69 Å². The van der Waals surface area contributed by atoms with Crippen LogP contribution in [0.1, 0.15) is 18.8 Å². The highest BCUT2D eigenvalue weighted by Crippen LogP contribution is 2.26. The van der Waals surface area contributed by atoms with Crippen LogP contribution in [0.3, 0.4) is 0 Å². The van der Waals surface area contributed by atoms with Gasteiger partial charge in [-0.2, -0.15) is 5.10 Å². The Balaban J connectivity index is 2.04. The minimum absolute atomic E-state index is 0.0683. The van der Waals surface area contributed by atoms with E-state index in [1.807, 2.05) is 54.1 Å². The van der Waals surface area contributed by atoms with Gasteiger partial charge in [0.15, 0.2) is 11.0 Å². The number of carboxylic acids is 1. The summed E-state index contributed by atoms with van der Waals surface area (Å²) < 4.78 is 3.66. The van der Waals surface area contributed by atoms with E-state index in [1.165, 1.54) is 0 Å². The Morgan fingerprint density at radius 1 is 1.26 bits per heavy atom. The van der Waals surface area contributed by atoms with Crippen LogP contribution in [-0.2, 0) is 4.79 Å². The summed E-state index contributed by atoms with van der Waals surface area (Å²) in [7, 11) is 0. The van der Waals surface area contributed by atoms with Gasteiger partial charge in [-0.1, -0.05) is 30.0 Å². The Hall–Kier alpha value is -2.61. The van der Waals surface area contributed by atoms with Crippen molar-refractivity contribution in [3.8, 4) is 5.69 Å². The van der Waals surface area contributed by atoms with Crippen molar-refractivity contribution < 1.29 is 9.90 Å². The number of para-hydroxylation sites is 1. The summed E-state index contributed by atoms with van der Waals surface area (Å²) in [5.74, 6) is -0.256. The maximum Gasteiger partial charge on any atom is 0.313 e. The molecule has 0 aliphatic carbocycles. The topological polar surface area (TPSA) is 85.8 Å². The van der Waals surface area contributed by atoms with Gasteiger partial charge in [0.2, 0.25) is 0 Å². The molecule has 0 fully saturated rings. The monoisotopic (exact) mass is 329 g/mol. The van der Waals surface area contributed by atoms with Crippen molar-refractivity contribution >= 4 is 17.7 Å². The molecule has 2 heterocycles. The summed E-state index contributed by atoms with van der Waals surface area (Å²) in [4.78, 5) is 10.9. The molecular formula is C15H15N5O2S. The van der Waals surface area contributed by atoms with Gasteiger partial charge in [0.25, 0.3) is 0 Å². The molecule has 3 rings (SSSR count). The highest BCUT2D eigenvalue weighted by atomic mass is 32.2. The average molecular weight is 329 g/mol. The molecule has 7 nitrogen and oxygen atoms in total. The summed E-state index contributed by atoms with van der Waals surface area (Å²) in [5.41, 5.74) is 0.888. The minimum Gasteiger partial charge on any atom is -0.481 e. The smallest absolute Gasteiger partial charge is 0.313 e. The van der Waals surface area contributed by atoms with Crippen LogP contribution >= 0.6 is 11.8 Å². The Kier molecular flexibility index (Phi) is 4.42. The molecule has 0 saturated heterocycles. The Bertz CT molecular complexity index is 786. The lowest BCUT2D eigenvalue weighted by Gasteiger charge is -2.15. The van der Waals surface area contributed by atoms with Gasteiger partial charge in [-0.25, -0.2) is 0 Å². The van der Waals surface area contributed by atoms with Gasteiger partial charge in [0.1, 0.15) is 6.04 Å². The molecule has 118 valence electrons. The molecule has 0 amide bonds. The van der Waals surface area contributed by atoms with E-state index in [1.54, 1.807) is 10.9 Å². The lowest BCUT2D eigenvalue weighted by molar-refractivity contribution is -0.133. The highest BCUT2D eigenvalue weighted by molar-refractivity contribution is 7.99. The fourth-order valence-electron chi connectivity index (χ4n) is 2.22. The van der Waals surface area contributed by atoms with Crippen molar-refractivity contribution in [2.45, 2.75) is 18.1 Å². The summed E-state index contributed by atoms with van der Waals surface area (Å²) in [6, 6.07) is 11.4. The second-order valence-electron chi connectivity index (χ2n) is 4.86. The number of aliphatic carboxylic acids is 1. The maximum absolute atomic E-state index is 10.9. The highest BCUT2D eigenvalue weighted by Gasteiger charge is 2.21. The molecule has 2 aromatic heterocycles. The zero-order chi connectivity index (χ0) is 16.2. The van der Waals surface area contributed by atoms with E-state index in [2.05, 4.69) is 15.3 Å².